The number of hydrogen-bond donors (Lipinski definition) is 2. The number of likely N-dealkylation sites (N-methyl/N-ethyl adjacent to an activating group) is 1. The zero-order chi connectivity index (χ0) is 13.8. The van der Waals surface area contributed by atoms with Crippen LogP contribution in [0.15, 0.2) is 18.2 Å². The fraction of sp³-hybridized carbons (Fsp3) is 0.462. The summed E-state index contributed by atoms with van der Waals surface area (Å²) in [5, 5.41) is 5.43. The van der Waals surface area contributed by atoms with Gasteiger partial charge in [0.15, 0.2) is 0 Å². The van der Waals surface area contributed by atoms with Crippen molar-refractivity contribution >= 4 is 5.91 Å². The summed E-state index contributed by atoms with van der Waals surface area (Å²) in [6, 6.07) is 3.48. The van der Waals surface area contributed by atoms with E-state index in [0.29, 0.717) is 5.56 Å². The van der Waals surface area contributed by atoms with Crippen LogP contribution in [0.1, 0.15) is 19.4 Å². The van der Waals surface area contributed by atoms with Gasteiger partial charge in [0.2, 0.25) is 5.91 Å². The van der Waals surface area contributed by atoms with Gasteiger partial charge in [0.05, 0.1) is 6.54 Å². The summed E-state index contributed by atoms with van der Waals surface area (Å²) in [7, 11) is 1.67. The average Bonchev–Trinajstić information content (AvgIpc) is 2.26. The second kappa shape index (κ2) is 5.91. The summed E-state index contributed by atoms with van der Waals surface area (Å²) in [5.41, 5.74) is -0.213. The number of benzene rings is 1. The van der Waals surface area contributed by atoms with Gasteiger partial charge in [-0.15, -0.1) is 0 Å². The molecule has 18 heavy (non-hydrogen) atoms. The predicted octanol–water partition coefficient (Wildman–Crippen LogP) is 1.58. The van der Waals surface area contributed by atoms with Crippen molar-refractivity contribution in [2.45, 2.75) is 19.3 Å². The minimum absolute atomic E-state index is 0.159. The van der Waals surface area contributed by atoms with E-state index in [9.17, 15) is 13.6 Å². The van der Waals surface area contributed by atoms with Crippen molar-refractivity contribution in [3.8, 4) is 0 Å². The molecule has 1 aromatic carbocycles. The van der Waals surface area contributed by atoms with E-state index in [1.54, 1.807) is 20.9 Å². The number of carbonyl (C=O) groups is 1. The fourth-order valence-corrected chi connectivity index (χ4v) is 1.68. The SMILES string of the molecule is CNCC(=O)NCC(C)(C)c1ccc(F)cc1F. The van der Waals surface area contributed by atoms with Crippen molar-refractivity contribution in [3.05, 3.63) is 35.4 Å². The first-order valence-corrected chi connectivity index (χ1v) is 5.73. The van der Waals surface area contributed by atoms with Crippen LogP contribution in [0, 0.1) is 11.6 Å². The zero-order valence-corrected chi connectivity index (χ0v) is 10.8. The van der Waals surface area contributed by atoms with Crippen LogP contribution in [-0.4, -0.2) is 26.0 Å². The van der Waals surface area contributed by atoms with Crippen LogP contribution in [0.2, 0.25) is 0 Å². The van der Waals surface area contributed by atoms with Crippen LogP contribution in [0.4, 0.5) is 8.78 Å². The molecule has 0 aromatic heterocycles. The molecule has 0 radical (unpaired) electrons. The Kier molecular flexibility index (Phi) is 4.78. The van der Waals surface area contributed by atoms with Crippen LogP contribution >= 0.6 is 0 Å². The lowest BCUT2D eigenvalue weighted by Crippen LogP contribution is -2.40. The summed E-state index contributed by atoms with van der Waals surface area (Å²) in [6.45, 7) is 4.09. The smallest absolute Gasteiger partial charge is 0.233 e. The highest BCUT2D eigenvalue weighted by atomic mass is 19.1. The van der Waals surface area contributed by atoms with Crippen LogP contribution in [-0.2, 0) is 10.2 Å². The molecule has 1 aromatic rings. The van der Waals surface area contributed by atoms with Crippen molar-refractivity contribution in [1.29, 1.82) is 0 Å². The number of hydrogen-bond acceptors (Lipinski definition) is 2. The maximum absolute atomic E-state index is 13.7. The molecule has 0 unspecified atom stereocenters. The summed E-state index contributed by atoms with van der Waals surface area (Å²) in [6.07, 6.45) is 0. The third-order valence-electron chi connectivity index (χ3n) is 2.73. The number of carbonyl (C=O) groups excluding carboxylic acids is 1. The van der Waals surface area contributed by atoms with E-state index in [1.807, 2.05) is 0 Å². The normalized spacial score (nSPS) is 11.4. The van der Waals surface area contributed by atoms with E-state index < -0.39 is 17.0 Å². The largest absolute Gasteiger partial charge is 0.354 e. The Morgan fingerprint density at radius 1 is 1.33 bits per heavy atom. The molecule has 0 aliphatic carbocycles. The van der Waals surface area contributed by atoms with Gasteiger partial charge in [-0.3, -0.25) is 4.79 Å². The minimum Gasteiger partial charge on any atom is -0.354 e. The van der Waals surface area contributed by atoms with Crippen molar-refractivity contribution in [3.63, 3.8) is 0 Å². The number of rotatable bonds is 5. The fourth-order valence-electron chi connectivity index (χ4n) is 1.68. The molecule has 0 fully saturated rings. The lowest BCUT2D eigenvalue weighted by molar-refractivity contribution is -0.120. The first kappa shape index (κ1) is 14.6. The maximum Gasteiger partial charge on any atom is 0.233 e. The van der Waals surface area contributed by atoms with E-state index in [4.69, 9.17) is 0 Å². The average molecular weight is 256 g/mol. The Hall–Kier alpha value is -1.49. The Balaban J connectivity index is 2.76. The molecule has 0 bridgehead atoms. The molecule has 5 heteroatoms. The monoisotopic (exact) mass is 256 g/mol. The molecule has 100 valence electrons. The second-order valence-electron chi connectivity index (χ2n) is 4.82. The number of halogens is 2. The van der Waals surface area contributed by atoms with Gasteiger partial charge in [0, 0.05) is 18.0 Å². The molecule has 1 amide bonds. The van der Waals surface area contributed by atoms with Gasteiger partial charge in [-0.1, -0.05) is 19.9 Å². The Bertz CT molecular complexity index is 433. The van der Waals surface area contributed by atoms with E-state index >= 15 is 0 Å². The van der Waals surface area contributed by atoms with Crippen molar-refractivity contribution in [2.75, 3.05) is 20.1 Å². The minimum atomic E-state index is -0.605. The predicted molar refractivity (Wildman–Crippen MR) is 66.3 cm³/mol. The molecular formula is C13H18F2N2O. The quantitative estimate of drug-likeness (QED) is 0.839. The standard InChI is InChI=1S/C13H18F2N2O/c1-13(2,8-17-12(18)7-16-3)10-5-4-9(14)6-11(10)15/h4-6,16H,7-8H2,1-3H3,(H,17,18). The first-order valence-electron chi connectivity index (χ1n) is 5.73. The zero-order valence-electron chi connectivity index (χ0n) is 10.8. The number of nitrogens with one attached hydrogen (secondary N) is 2. The van der Waals surface area contributed by atoms with Crippen LogP contribution in [0.25, 0.3) is 0 Å². The van der Waals surface area contributed by atoms with Gasteiger partial charge in [0.1, 0.15) is 11.6 Å². The summed E-state index contributed by atoms with van der Waals surface area (Å²) >= 11 is 0. The van der Waals surface area contributed by atoms with Gasteiger partial charge in [-0.25, -0.2) is 8.78 Å². The highest BCUT2D eigenvalue weighted by Crippen LogP contribution is 2.25. The lowest BCUT2D eigenvalue weighted by atomic mass is 9.84. The number of amides is 1. The van der Waals surface area contributed by atoms with E-state index in [2.05, 4.69) is 10.6 Å². The van der Waals surface area contributed by atoms with Gasteiger partial charge >= 0.3 is 0 Å². The highest BCUT2D eigenvalue weighted by Gasteiger charge is 2.24. The van der Waals surface area contributed by atoms with Crippen molar-refractivity contribution < 1.29 is 13.6 Å². The molecular weight excluding hydrogens is 238 g/mol. The van der Waals surface area contributed by atoms with Crippen molar-refractivity contribution in [1.82, 2.24) is 10.6 Å². The van der Waals surface area contributed by atoms with Crippen LogP contribution in [0.3, 0.4) is 0 Å². The molecule has 3 nitrogen and oxygen atoms in total. The molecule has 0 aliphatic rings. The molecule has 2 N–H and O–H groups in total. The Morgan fingerprint density at radius 2 is 2.00 bits per heavy atom. The van der Waals surface area contributed by atoms with E-state index in [1.165, 1.54) is 12.1 Å². The summed E-state index contributed by atoms with van der Waals surface area (Å²) in [5.74, 6) is -1.36. The third kappa shape index (κ3) is 3.77. The summed E-state index contributed by atoms with van der Waals surface area (Å²) < 4.78 is 26.5. The Morgan fingerprint density at radius 3 is 2.56 bits per heavy atom. The van der Waals surface area contributed by atoms with Crippen LogP contribution < -0.4 is 10.6 Å². The lowest BCUT2D eigenvalue weighted by Gasteiger charge is -2.26. The second-order valence-corrected chi connectivity index (χ2v) is 4.82. The molecule has 0 spiro atoms. The van der Waals surface area contributed by atoms with Gasteiger partial charge < -0.3 is 10.6 Å². The molecule has 1 rings (SSSR count). The molecule has 0 saturated carbocycles. The highest BCUT2D eigenvalue weighted by molar-refractivity contribution is 5.78. The molecule has 0 atom stereocenters. The maximum atomic E-state index is 13.7. The molecule has 0 aliphatic heterocycles. The molecule has 0 saturated heterocycles. The topological polar surface area (TPSA) is 41.1 Å². The van der Waals surface area contributed by atoms with E-state index in [0.717, 1.165) is 6.07 Å². The van der Waals surface area contributed by atoms with Crippen LogP contribution in [0.5, 0.6) is 0 Å². The van der Waals surface area contributed by atoms with Gasteiger partial charge in [-0.05, 0) is 18.7 Å². The Labute approximate surface area is 106 Å². The summed E-state index contributed by atoms with van der Waals surface area (Å²) in [4.78, 5) is 11.3. The first-order chi connectivity index (χ1) is 8.36. The molecule has 0 heterocycles. The van der Waals surface area contributed by atoms with Gasteiger partial charge in [-0.2, -0.15) is 0 Å². The third-order valence-corrected chi connectivity index (χ3v) is 2.73. The van der Waals surface area contributed by atoms with E-state index in [-0.39, 0.29) is 19.0 Å². The van der Waals surface area contributed by atoms with Gasteiger partial charge in [0.25, 0.3) is 0 Å². The van der Waals surface area contributed by atoms with Crippen molar-refractivity contribution in [2.24, 2.45) is 0 Å².